The molecule has 0 aliphatic carbocycles. The van der Waals surface area contributed by atoms with E-state index >= 15 is 0 Å². The van der Waals surface area contributed by atoms with E-state index in [1.807, 2.05) is 53.4 Å². The molecule has 1 unspecified atom stereocenters. The van der Waals surface area contributed by atoms with E-state index in [-0.39, 0.29) is 37.5 Å². The molecule has 0 bridgehead atoms. The zero-order valence-corrected chi connectivity index (χ0v) is 28.8. The third-order valence-electron chi connectivity index (χ3n) is 7.61. The Labute approximate surface area is 291 Å². The van der Waals surface area contributed by atoms with Crippen molar-refractivity contribution in [3.05, 3.63) is 105 Å². The topological polar surface area (TPSA) is 213 Å². The number of hydrogen-bond donors (Lipinski definition) is 3. The number of carboxylic acid groups (broad SMARTS) is 1. The van der Waals surface area contributed by atoms with Crippen LogP contribution in [0, 0.1) is 16.0 Å². The first-order valence-corrected chi connectivity index (χ1v) is 16.0. The molecule has 15 heteroatoms. The van der Waals surface area contributed by atoms with Crippen molar-refractivity contribution in [1.82, 2.24) is 10.0 Å². The van der Waals surface area contributed by atoms with Gasteiger partial charge in [0.15, 0.2) is 12.6 Å². The van der Waals surface area contributed by atoms with Crippen LogP contribution < -0.4 is 11.6 Å². The number of hydrazone groups is 1. The van der Waals surface area contributed by atoms with Crippen molar-refractivity contribution in [3.63, 3.8) is 0 Å². The molecule has 0 saturated heterocycles. The molecule has 1 atom stereocenters. The molecule has 0 aromatic heterocycles. The predicted octanol–water partition coefficient (Wildman–Crippen LogP) is 5.43. The standard InChI is InChI=1S/C34H44N6O7.CH2O2/c1-5-6-11-32(41)38(25(4)24(2)3)20-26-16-18-29(19-17-26)30-9-7-8-10-31(30)33(35)37-39(36)23-46-34(42)45-21-27-12-14-28(15-13-27)22-47-40(43)44;2-1-3/h7-10,12-19,24-25H,5-6,11,20-23,36H2,1-4H3,(H2,35,37);1H,(H,2,3). The van der Waals surface area contributed by atoms with Crippen LogP contribution in [0.5, 0.6) is 0 Å². The second-order valence-corrected chi connectivity index (χ2v) is 11.5. The first kappa shape index (κ1) is 40.5. The number of rotatable bonds is 17. The number of benzene rings is 3. The fraction of sp³-hybridized carbons (Fsp3) is 0.371. The van der Waals surface area contributed by atoms with Crippen molar-refractivity contribution in [2.24, 2.45) is 22.6 Å². The Kier molecular flexibility index (Phi) is 17.2. The molecule has 0 saturated carbocycles. The number of hydrazine groups is 1. The van der Waals surface area contributed by atoms with Gasteiger partial charge in [0, 0.05) is 24.6 Å². The molecule has 3 aromatic carbocycles. The molecule has 270 valence electrons. The zero-order chi connectivity index (χ0) is 37.1. The highest BCUT2D eigenvalue weighted by Crippen LogP contribution is 2.25. The highest BCUT2D eigenvalue weighted by Gasteiger charge is 2.22. The molecule has 5 N–H and O–H groups in total. The molecule has 0 aliphatic rings. The fourth-order valence-corrected chi connectivity index (χ4v) is 4.62. The number of nitrogens with zero attached hydrogens (tertiary/aromatic N) is 4. The van der Waals surface area contributed by atoms with Crippen molar-refractivity contribution >= 4 is 24.4 Å². The Bertz CT molecular complexity index is 1550. The van der Waals surface area contributed by atoms with Gasteiger partial charge in [-0.1, -0.05) is 100.0 Å². The summed E-state index contributed by atoms with van der Waals surface area (Å²) in [6.45, 7) is 8.04. The molecule has 0 aliphatic heterocycles. The number of unbranched alkanes of at least 4 members (excludes halogenated alkanes) is 1. The minimum absolute atomic E-state index is 0.0820. The van der Waals surface area contributed by atoms with Gasteiger partial charge in [-0.05, 0) is 47.1 Å². The minimum Gasteiger partial charge on any atom is -0.483 e. The molecule has 1 amide bonds. The highest BCUT2D eigenvalue weighted by molar-refractivity contribution is 6.03. The smallest absolute Gasteiger partial charge is 0.483 e. The van der Waals surface area contributed by atoms with Crippen LogP contribution >= 0.6 is 0 Å². The van der Waals surface area contributed by atoms with Gasteiger partial charge in [0.25, 0.3) is 11.6 Å². The van der Waals surface area contributed by atoms with Crippen LogP contribution in [-0.2, 0) is 43.7 Å². The third-order valence-corrected chi connectivity index (χ3v) is 7.61. The van der Waals surface area contributed by atoms with Crippen molar-refractivity contribution in [1.29, 1.82) is 0 Å². The van der Waals surface area contributed by atoms with Crippen molar-refractivity contribution < 1.29 is 38.9 Å². The van der Waals surface area contributed by atoms with Gasteiger partial charge in [0.1, 0.15) is 13.2 Å². The second-order valence-electron chi connectivity index (χ2n) is 11.5. The lowest BCUT2D eigenvalue weighted by Crippen LogP contribution is -2.40. The van der Waals surface area contributed by atoms with E-state index in [1.54, 1.807) is 24.3 Å². The lowest BCUT2D eigenvalue weighted by molar-refractivity contribution is -0.763. The average molecular weight is 695 g/mol. The molecule has 15 nitrogen and oxygen atoms in total. The average Bonchev–Trinajstić information content (AvgIpc) is 3.10. The summed E-state index contributed by atoms with van der Waals surface area (Å²) in [6, 6.07) is 22.1. The lowest BCUT2D eigenvalue weighted by atomic mass is 9.97. The van der Waals surface area contributed by atoms with E-state index in [9.17, 15) is 19.7 Å². The van der Waals surface area contributed by atoms with Gasteiger partial charge >= 0.3 is 6.16 Å². The van der Waals surface area contributed by atoms with Gasteiger partial charge in [-0.25, -0.2) is 10.6 Å². The van der Waals surface area contributed by atoms with Crippen molar-refractivity contribution in [3.8, 4) is 11.1 Å². The minimum atomic E-state index is -0.969. The first-order valence-electron chi connectivity index (χ1n) is 16.0. The second kappa shape index (κ2) is 21.3. The Morgan fingerprint density at radius 3 is 2.12 bits per heavy atom. The summed E-state index contributed by atoms with van der Waals surface area (Å²) in [5.74, 6) is 6.55. The van der Waals surface area contributed by atoms with Crippen LogP contribution in [-0.4, -0.2) is 57.4 Å². The highest BCUT2D eigenvalue weighted by atomic mass is 16.9. The normalized spacial score (nSPS) is 11.4. The van der Waals surface area contributed by atoms with Crippen LogP contribution in [0.2, 0.25) is 0 Å². The molecule has 50 heavy (non-hydrogen) atoms. The number of carbonyl (C=O) groups excluding carboxylic acids is 2. The Balaban J connectivity index is 0.00000278. The van der Waals surface area contributed by atoms with E-state index < -0.39 is 18.0 Å². The predicted molar refractivity (Wildman–Crippen MR) is 186 cm³/mol. The van der Waals surface area contributed by atoms with Crippen LogP contribution in [0.4, 0.5) is 4.79 Å². The largest absolute Gasteiger partial charge is 0.510 e. The maximum Gasteiger partial charge on any atom is 0.510 e. The Morgan fingerprint density at radius 2 is 1.54 bits per heavy atom. The van der Waals surface area contributed by atoms with Gasteiger partial charge < -0.3 is 30.1 Å². The van der Waals surface area contributed by atoms with Crippen molar-refractivity contribution in [2.75, 3.05) is 6.73 Å². The molecule has 0 heterocycles. The van der Waals surface area contributed by atoms with Crippen LogP contribution in [0.15, 0.2) is 77.9 Å². The molecule has 0 spiro atoms. The number of ether oxygens (including phenoxy) is 2. The molecule has 0 fully saturated rings. The van der Waals surface area contributed by atoms with Crippen LogP contribution in [0.25, 0.3) is 11.1 Å². The van der Waals surface area contributed by atoms with Gasteiger partial charge in [-0.2, -0.15) is 5.12 Å². The third kappa shape index (κ3) is 13.8. The van der Waals surface area contributed by atoms with Gasteiger partial charge in [0.2, 0.25) is 5.91 Å². The maximum absolute atomic E-state index is 13.0. The lowest BCUT2D eigenvalue weighted by Gasteiger charge is -2.32. The number of amidine groups is 1. The summed E-state index contributed by atoms with van der Waals surface area (Å²) < 4.78 is 10.1. The summed E-state index contributed by atoms with van der Waals surface area (Å²) in [5.41, 5.74) is 11.0. The monoisotopic (exact) mass is 694 g/mol. The van der Waals surface area contributed by atoms with E-state index in [0.717, 1.165) is 34.6 Å². The first-order chi connectivity index (χ1) is 23.9. The van der Waals surface area contributed by atoms with Gasteiger partial charge in [-0.3, -0.25) is 9.59 Å². The Hall–Kier alpha value is -5.70. The SMILES string of the molecule is CCCCC(=O)N(Cc1ccc(-c2ccccc2/C(N)=N/N(N)COC(=O)OCc2ccc(CO[N+](=O)[O-])cc2)cc1)C(C)C(C)C.O=CO. The summed E-state index contributed by atoms with van der Waals surface area (Å²) in [6.07, 6.45) is 1.43. The molecular weight excluding hydrogens is 648 g/mol. The molecule has 3 aromatic rings. The number of nitrogens with two attached hydrogens (primary N) is 2. The van der Waals surface area contributed by atoms with E-state index in [0.29, 0.717) is 35.6 Å². The maximum atomic E-state index is 13.0. The quantitative estimate of drug-likeness (QED) is 0.0236. The summed E-state index contributed by atoms with van der Waals surface area (Å²) in [4.78, 5) is 50.0. The van der Waals surface area contributed by atoms with Gasteiger partial charge in [0.05, 0.1) is 0 Å². The van der Waals surface area contributed by atoms with E-state index in [4.69, 9.17) is 31.0 Å². The molecule has 3 rings (SSSR count). The van der Waals surface area contributed by atoms with Crippen LogP contribution in [0.3, 0.4) is 0 Å². The van der Waals surface area contributed by atoms with E-state index in [2.05, 4.69) is 37.6 Å². The number of amides is 1. The number of hydrogen-bond acceptors (Lipinski definition) is 11. The summed E-state index contributed by atoms with van der Waals surface area (Å²) in [5, 5.41) is 21.4. The van der Waals surface area contributed by atoms with Gasteiger partial charge in [-0.15, -0.1) is 15.2 Å². The molecular formula is C35H46N6O9. The summed E-state index contributed by atoms with van der Waals surface area (Å²) >= 11 is 0. The zero-order valence-electron chi connectivity index (χ0n) is 28.8. The number of carbonyl (C=O) groups is 3. The summed E-state index contributed by atoms with van der Waals surface area (Å²) in [7, 11) is 0. The van der Waals surface area contributed by atoms with Crippen molar-refractivity contribution in [2.45, 2.75) is 72.8 Å². The Morgan fingerprint density at radius 1 is 0.960 bits per heavy atom. The van der Waals surface area contributed by atoms with Crippen LogP contribution in [0.1, 0.15) is 69.2 Å². The fourth-order valence-electron chi connectivity index (χ4n) is 4.62. The molecule has 0 radical (unpaired) electrons. The van der Waals surface area contributed by atoms with E-state index in [1.165, 1.54) is 0 Å².